The maximum absolute atomic E-state index is 11.2. The van der Waals surface area contributed by atoms with Crippen LogP contribution in [0.1, 0.15) is 11.1 Å². The molecule has 1 aromatic carbocycles. The van der Waals surface area contributed by atoms with Gasteiger partial charge in [-0.3, -0.25) is 0 Å². The molecule has 0 saturated heterocycles. The van der Waals surface area contributed by atoms with Crippen LogP contribution in [0.4, 0.5) is 10.5 Å². The quantitative estimate of drug-likeness (QED) is 0.833. The third kappa shape index (κ3) is 3.26. The fourth-order valence-electron chi connectivity index (χ4n) is 2.02. The van der Waals surface area contributed by atoms with Gasteiger partial charge in [-0.1, -0.05) is 6.08 Å². The molecule has 0 bridgehead atoms. The first-order valence-electron chi connectivity index (χ1n) is 5.82. The average molecular weight is 248 g/mol. The largest absolute Gasteiger partial charge is 0.412 e. The number of aryl methyl sites for hydroxylation is 2. The molecular formula is C14H20N2O2. The molecule has 98 valence electrons. The van der Waals surface area contributed by atoms with Gasteiger partial charge >= 0.3 is 6.09 Å². The highest BCUT2D eigenvalue weighted by atomic mass is 16.5. The van der Waals surface area contributed by atoms with Gasteiger partial charge in [-0.05, 0) is 37.1 Å². The van der Waals surface area contributed by atoms with Gasteiger partial charge < -0.3 is 15.0 Å². The Morgan fingerprint density at radius 1 is 1.44 bits per heavy atom. The van der Waals surface area contributed by atoms with Crippen molar-refractivity contribution in [1.29, 1.82) is 0 Å². The molecule has 0 aliphatic rings. The molecule has 0 aromatic heterocycles. The first-order valence-corrected chi connectivity index (χ1v) is 5.82. The van der Waals surface area contributed by atoms with Crippen LogP contribution in [-0.2, 0) is 0 Å². The second-order valence-corrected chi connectivity index (χ2v) is 4.21. The van der Waals surface area contributed by atoms with Crippen LogP contribution in [0.3, 0.4) is 0 Å². The van der Waals surface area contributed by atoms with E-state index in [4.69, 9.17) is 4.74 Å². The number of ether oxygens (including phenoxy) is 1. The molecule has 0 aliphatic carbocycles. The van der Waals surface area contributed by atoms with E-state index in [0.29, 0.717) is 5.75 Å². The van der Waals surface area contributed by atoms with Crippen LogP contribution in [0.25, 0.3) is 0 Å². The summed E-state index contributed by atoms with van der Waals surface area (Å²) in [4.78, 5) is 13.3. The van der Waals surface area contributed by atoms with E-state index in [2.05, 4.69) is 16.8 Å². The highest BCUT2D eigenvalue weighted by Gasteiger charge is 2.11. The third-order valence-corrected chi connectivity index (χ3v) is 2.66. The van der Waals surface area contributed by atoms with Crippen LogP contribution >= 0.6 is 0 Å². The SMILES string of the molecule is C=CCN(C)c1c(C)cc(OC(=O)NC)cc1C. The molecule has 0 spiro atoms. The van der Waals surface area contributed by atoms with Gasteiger partial charge in [0.1, 0.15) is 5.75 Å². The number of likely N-dealkylation sites (N-methyl/N-ethyl adjacent to an activating group) is 1. The second-order valence-electron chi connectivity index (χ2n) is 4.21. The lowest BCUT2D eigenvalue weighted by Gasteiger charge is -2.22. The minimum Gasteiger partial charge on any atom is -0.410 e. The minimum absolute atomic E-state index is 0.457. The summed E-state index contributed by atoms with van der Waals surface area (Å²) in [6.07, 6.45) is 1.40. The first kappa shape index (κ1) is 14.1. The summed E-state index contributed by atoms with van der Waals surface area (Å²) >= 11 is 0. The van der Waals surface area contributed by atoms with Crippen molar-refractivity contribution in [3.63, 3.8) is 0 Å². The Morgan fingerprint density at radius 2 is 2.00 bits per heavy atom. The van der Waals surface area contributed by atoms with Gasteiger partial charge in [0.05, 0.1) is 0 Å². The number of amides is 1. The van der Waals surface area contributed by atoms with Crippen molar-refractivity contribution < 1.29 is 9.53 Å². The predicted octanol–water partition coefficient (Wildman–Crippen LogP) is 2.64. The molecule has 1 N–H and O–H groups in total. The van der Waals surface area contributed by atoms with Crippen LogP contribution in [0.2, 0.25) is 0 Å². The molecule has 0 aliphatic heterocycles. The number of carbonyl (C=O) groups excluding carboxylic acids is 1. The van der Waals surface area contributed by atoms with Gasteiger partial charge in [-0.2, -0.15) is 0 Å². The summed E-state index contributed by atoms with van der Waals surface area (Å²) in [6, 6.07) is 3.72. The van der Waals surface area contributed by atoms with Crippen molar-refractivity contribution in [2.75, 3.05) is 25.5 Å². The second kappa shape index (κ2) is 6.10. The molecule has 0 atom stereocenters. The summed E-state index contributed by atoms with van der Waals surface area (Å²) < 4.78 is 5.13. The molecule has 1 aromatic rings. The molecule has 0 radical (unpaired) electrons. The number of anilines is 1. The number of carbonyl (C=O) groups is 1. The standard InChI is InChI=1S/C14H20N2O2/c1-6-7-16(5)13-10(2)8-12(9-11(13)3)18-14(17)15-4/h6,8-9H,1,7H2,2-5H3,(H,15,17). The number of nitrogens with one attached hydrogen (secondary N) is 1. The number of hydrogen-bond acceptors (Lipinski definition) is 3. The zero-order valence-corrected chi connectivity index (χ0v) is 11.4. The van der Waals surface area contributed by atoms with E-state index < -0.39 is 6.09 Å². The number of hydrogen-bond donors (Lipinski definition) is 1. The van der Waals surface area contributed by atoms with Gasteiger partial charge in [0.15, 0.2) is 0 Å². The normalized spacial score (nSPS) is 9.78. The van der Waals surface area contributed by atoms with Crippen molar-refractivity contribution in [1.82, 2.24) is 5.32 Å². The van der Waals surface area contributed by atoms with Crippen LogP contribution in [0.15, 0.2) is 24.8 Å². The van der Waals surface area contributed by atoms with Crippen LogP contribution in [-0.4, -0.2) is 26.7 Å². The zero-order chi connectivity index (χ0) is 13.7. The number of rotatable bonds is 4. The lowest BCUT2D eigenvalue weighted by molar-refractivity contribution is 0.203. The summed E-state index contributed by atoms with van der Waals surface area (Å²) in [5.74, 6) is 0.556. The fourth-order valence-corrected chi connectivity index (χ4v) is 2.02. The molecule has 0 heterocycles. The van der Waals surface area contributed by atoms with Gasteiger partial charge in [-0.15, -0.1) is 6.58 Å². The summed E-state index contributed by atoms with van der Waals surface area (Å²) in [6.45, 7) is 8.51. The molecule has 1 amide bonds. The van der Waals surface area contributed by atoms with E-state index in [1.165, 1.54) is 7.05 Å². The Bertz CT molecular complexity index is 432. The molecular weight excluding hydrogens is 228 g/mol. The van der Waals surface area contributed by atoms with E-state index in [9.17, 15) is 4.79 Å². The van der Waals surface area contributed by atoms with Crippen molar-refractivity contribution in [2.45, 2.75) is 13.8 Å². The summed E-state index contributed by atoms with van der Waals surface area (Å²) in [5, 5.41) is 2.43. The van der Waals surface area contributed by atoms with Crippen LogP contribution in [0, 0.1) is 13.8 Å². The molecule has 4 heteroatoms. The topological polar surface area (TPSA) is 41.6 Å². The Kier molecular flexibility index (Phi) is 4.77. The maximum Gasteiger partial charge on any atom is 0.412 e. The maximum atomic E-state index is 11.2. The van der Waals surface area contributed by atoms with Gasteiger partial charge in [0, 0.05) is 26.3 Å². The van der Waals surface area contributed by atoms with Crippen molar-refractivity contribution in [3.8, 4) is 5.75 Å². The van der Waals surface area contributed by atoms with E-state index in [1.54, 1.807) is 0 Å². The Balaban J connectivity index is 3.04. The van der Waals surface area contributed by atoms with Crippen molar-refractivity contribution in [2.24, 2.45) is 0 Å². The minimum atomic E-state index is -0.457. The zero-order valence-electron chi connectivity index (χ0n) is 11.4. The summed E-state index contributed by atoms with van der Waals surface area (Å²) in [7, 11) is 3.55. The highest BCUT2D eigenvalue weighted by molar-refractivity contribution is 5.71. The Hall–Kier alpha value is -1.97. The van der Waals surface area contributed by atoms with Gasteiger partial charge in [0.25, 0.3) is 0 Å². The van der Waals surface area contributed by atoms with E-state index in [0.717, 1.165) is 23.4 Å². The molecule has 4 nitrogen and oxygen atoms in total. The Morgan fingerprint density at radius 3 is 2.44 bits per heavy atom. The molecule has 18 heavy (non-hydrogen) atoms. The molecule has 0 unspecified atom stereocenters. The first-order chi connectivity index (χ1) is 8.49. The third-order valence-electron chi connectivity index (χ3n) is 2.66. The Labute approximate surface area is 108 Å². The average Bonchev–Trinajstić information content (AvgIpc) is 2.28. The number of nitrogens with zero attached hydrogens (tertiary/aromatic N) is 1. The lowest BCUT2D eigenvalue weighted by Crippen LogP contribution is -2.22. The molecule has 0 saturated carbocycles. The molecule has 1 rings (SSSR count). The van der Waals surface area contributed by atoms with Crippen LogP contribution < -0.4 is 15.0 Å². The van der Waals surface area contributed by atoms with Crippen molar-refractivity contribution >= 4 is 11.8 Å². The highest BCUT2D eigenvalue weighted by Crippen LogP contribution is 2.28. The van der Waals surface area contributed by atoms with E-state index in [1.807, 2.05) is 39.1 Å². The molecule has 0 fully saturated rings. The van der Waals surface area contributed by atoms with Gasteiger partial charge in [-0.25, -0.2) is 4.79 Å². The van der Waals surface area contributed by atoms with Crippen molar-refractivity contribution in [3.05, 3.63) is 35.9 Å². The fraction of sp³-hybridized carbons (Fsp3) is 0.357. The predicted molar refractivity (Wildman–Crippen MR) is 74.5 cm³/mol. The number of benzene rings is 1. The lowest BCUT2D eigenvalue weighted by atomic mass is 10.1. The summed E-state index contributed by atoms with van der Waals surface area (Å²) in [5.41, 5.74) is 3.27. The monoisotopic (exact) mass is 248 g/mol. The van der Waals surface area contributed by atoms with Gasteiger partial charge in [0.2, 0.25) is 0 Å². The van der Waals surface area contributed by atoms with E-state index >= 15 is 0 Å². The smallest absolute Gasteiger partial charge is 0.410 e. The van der Waals surface area contributed by atoms with E-state index in [-0.39, 0.29) is 0 Å². The van der Waals surface area contributed by atoms with Crippen LogP contribution in [0.5, 0.6) is 5.75 Å².